The van der Waals surface area contributed by atoms with E-state index in [-0.39, 0.29) is 17.8 Å². The van der Waals surface area contributed by atoms with E-state index in [1.54, 1.807) is 44.9 Å². The lowest BCUT2D eigenvalue weighted by Crippen LogP contribution is -2.27. The normalized spacial score (nSPS) is 17.1. The summed E-state index contributed by atoms with van der Waals surface area (Å²) < 4.78 is 23.7. The molecule has 0 spiro atoms. The molecule has 2 aliphatic rings. The van der Waals surface area contributed by atoms with Crippen molar-refractivity contribution >= 4 is 23.9 Å². The minimum Gasteiger partial charge on any atom is -0.494 e. The first-order valence-electron chi connectivity index (χ1n) is 15.7. The number of halogens is 1. The number of fused-ring (bicyclic) bond motifs is 3. The second kappa shape index (κ2) is 18.7. The van der Waals surface area contributed by atoms with Gasteiger partial charge in [-0.25, -0.2) is 4.39 Å². The van der Waals surface area contributed by atoms with E-state index in [1.807, 2.05) is 6.07 Å². The zero-order valence-corrected chi connectivity index (χ0v) is 30.3. The molecule has 7 heteroatoms. The average molecular weight is 652 g/mol. The van der Waals surface area contributed by atoms with Gasteiger partial charge in [0, 0.05) is 36.8 Å². The third kappa shape index (κ3) is 9.37. The molecule has 2 unspecified atom stereocenters. The predicted molar refractivity (Wildman–Crippen MR) is 195 cm³/mol. The van der Waals surface area contributed by atoms with Crippen molar-refractivity contribution in [1.29, 1.82) is 0 Å². The van der Waals surface area contributed by atoms with Gasteiger partial charge in [-0.2, -0.15) is 0 Å². The standard InChI is InChI=1S/C32H38FNO2S.C4H10O.C2H2.CH4O/c1-8-9-12-25(19(2)24-14-11-18-36-23(24)6)29-21(4)30-31-27(13-10-15-28(31)33)22(5)34(37-7)32(30)20(3)26(29)16-17-35;1-4(2,3)5;2*1-2/h9-10,12-13,15,17,22,25H,6,8,11,14,16,18H2,1-5,7H3;5H,1-3H3;1-2H;2H,1H3/b12-9?,24-19-;;;. The van der Waals surface area contributed by atoms with Gasteiger partial charge in [0.15, 0.2) is 0 Å². The Morgan fingerprint density at radius 1 is 1.22 bits per heavy atom. The molecule has 2 N–H and O–H groups in total. The molecule has 2 atom stereocenters. The molecule has 2 heterocycles. The summed E-state index contributed by atoms with van der Waals surface area (Å²) in [5, 5.41) is 15.5. The van der Waals surface area contributed by atoms with Crippen LogP contribution in [0.25, 0.3) is 11.1 Å². The highest BCUT2D eigenvalue weighted by Gasteiger charge is 2.36. The molecule has 0 bridgehead atoms. The quantitative estimate of drug-likeness (QED) is 0.135. The number of benzene rings is 2. The van der Waals surface area contributed by atoms with Crippen LogP contribution in [0.2, 0.25) is 0 Å². The van der Waals surface area contributed by atoms with E-state index in [0.29, 0.717) is 18.6 Å². The van der Waals surface area contributed by atoms with Crippen LogP contribution < -0.4 is 4.31 Å². The average Bonchev–Trinajstić information content (AvgIpc) is 3.02. The Labute approximate surface area is 281 Å². The van der Waals surface area contributed by atoms with E-state index in [4.69, 9.17) is 14.9 Å². The number of nitrogens with zero attached hydrogens (tertiary/aromatic N) is 1. The number of hydrogen-bond acceptors (Lipinski definition) is 6. The number of carbonyl (C=O) groups is 1. The number of aldehydes is 1. The molecule has 2 aromatic carbocycles. The molecule has 4 rings (SSSR count). The van der Waals surface area contributed by atoms with Gasteiger partial charge < -0.3 is 24.0 Å². The monoisotopic (exact) mass is 651 g/mol. The van der Waals surface area contributed by atoms with Crippen molar-refractivity contribution in [3.63, 3.8) is 0 Å². The highest BCUT2D eigenvalue weighted by atomic mass is 32.2. The molecule has 0 aliphatic carbocycles. The van der Waals surface area contributed by atoms with Crippen molar-refractivity contribution < 1.29 is 24.1 Å². The summed E-state index contributed by atoms with van der Waals surface area (Å²) in [6.45, 7) is 20.7. The summed E-state index contributed by atoms with van der Waals surface area (Å²) in [7, 11) is 1.00. The molecule has 0 radical (unpaired) electrons. The molecule has 0 saturated carbocycles. The van der Waals surface area contributed by atoms with Crippen LogP contribution in [0.1, 0.15) is 101 Å². The molecule has 2 aromatic rings. The van der Waals surface area contributed by atoms with Crippen molar-refractivity contribution in [2.75, 3.05) is 24.3 Å². The molecule has 0 amide bonds. The summed E-state index contributed by atoms with van der Waals surface area (Å²) in [5.74, 6) is 0.471. The van der Waals surface area contributed by atoms with Crippen molar-refractivity contribution in [3.05, 3.63) is 87.5 Å². The molecule has 5 nitrogen and oxygen atoms in total. The summed E-state index contributed by atoms with van der Waals surface area (Å²) in [6, 6.07) is 5.40. The van der Waals surface area contributed by atoms with Gasteiger partial charge in [-0.3, -0.25) is 0 Å². The molecular weight excluding hydrogens is 597 g/mol. The van der Waals surface area contributed by atoms with Gasteiger partial charge >= 0.3 is 0 Å². The van der Waals surface area contributed by atoms with Crippen LogP contribution in [0.5, 0.6) is 0 Å². The smallest absolute Gasteiger partial charge is 0.131 e. The Bertz CT molecular complexity index is 1430. The minimum atomic E-state index is -0.500. The van der Waals surface area contributed by atoms with E-state index < -0.39 is 5.60 Å². The van der Waals surface area contributed by atoms with Crippen LogP contribution in [-0.2, 0) is 16.0 Å². The summed E-state index contributed by atoms with van der Waals surface area (Å²) in [5.41, 5.74) is 9.67. The van der Waals surface area contributed by atoms with E-state index in [2.05, 4.69) is 76.8 Å². The van der Waals surface area contributed by atoms with Crippen LogP contribution in [0.3, 0.4) is 0 Å². The van der Waals surface area contributed by atoms with Crippen molar-refractivity contribution in [1.82, 2.24) is 0 Å². The Morgan fingerprint density at radius 2 is 1.83 bits per heavy atom. The minimum absolute atomic E-state index is 0.00332. The lowest BCUT2D eigenvalue weighted by Gasteiger charge is -2.40. The highest BCUT2D eigenvalue weighted by molar-refractivity contribution is 8.00. The van der Waals surface area contributed by atoms with Gasteiger partial charge in [0.2, 0.25) is 0 Å². The number of carbonyl (C=O) groups excluding carboxylic acids is 1. The SMILES string of the molecule is C#C.C=C1OCCC/C1=C(\C)C(C=CCC)c1c(C)c2c(c(C)c1CC=O)N(SC)C(C)c1cccc(F)c1-2.CC(C)(C)O.CO. The number of hydrogen-bond donors (Lipinski definition) is 2. The largest absolute Gasteiger partial charge is 0.494 e. The van der Waals surface area contributed by atoms with Gasteiger partial charge in [-0.15, -0.1) is 12.8 Å². The fourth-order valence-corrected chi connectivity index (χ4v) is 6.99. The zero-order chi connectivity index (χ0) is 35.4. The van der Waals surface area contributed by atoms with E-state index >= 15 is 4.39 Å². The van der Waals surface area contributed by atoms with Crippen LogP contribution >= 0.6 is 11.9 Å². The first-order valence-corrected chi connectivity index (χ1v) is 16.9. The van der Waals surface area contributed by atoms with Crippen LogP contribution in [0, 0.1) is 32.5 Å². The second-order valence-corrected chi connectivity index (χ2v) is 12.9. The summed E-state index contributed by atoms with van der Waals surface area (Å²) >= 11 is 1.64. The third-order valence-corrected chi connectivity index (χ3v) is 8.84. The van der Waals surface area contributed by atoms with Gasteiger partial charge in [-0.1, -0.05) is 55.3 Å². The Kier molecular flexibility index (Phi) is 16.6. The van der Waals surface area contributed by atoms with Crippen LogP contribution in [0.15, 0.2) is 53.8 Å². The lowest BCUT2D eigenvalue weighted by molar-refractivity contribution is -0.107. The topological polar surface area (TPSA) is 70.0 Å². The van der Waals surface area contributed by atoms with Crippen molar-refractivity contribution in [2.24, 2.45) is 0 Å². The molecular formula is C39H54FNO4S. The highest BCUT2D eigenvalue weighted by Crippen LogP contribution is 2.54. The number of aliphatic hydroxyl groups is 2. The van der Waals surface area contributed by atoms with E-state index in [9.17, 15) is 4.79 Å². The summed E-state index contributed by atoms with van der Waals surface area (Å²) in [6.07, 6.45) is 18.6. The number of rotatable bonds is 7. The molecule has 0 aromatic heterocycles. The van der Waals surface area contributed by atoms with Crippen molar-refractivity contribution in [2.45, 2.75) is 98.6 Å². The number of anilines is 1. The lowest BCUT2D eigenvalue weighted by atomic mass is 9.75. The number of aliphatic hydroxyl groups excluding tert-OH is 1. The van der Waals surface area contributed by atoms with Crippen LogP contribution in [-0.4, -0.2) is 42.1 Å². The molecule has 1 saturated heterocycles. The van der Waals surface area contributed by atoms with Gasteiger partial charge in [0.05, 0.1) is 23.9 Å². The van der Waals surface area contributed by atoms with E-state index in [0.717, 1.165) is 83.1 Å². The molecule has 2 aliphatic heterocycles. The molecule has 46 heavy (non-hydrogen) atoms. The Morgan fingerprint density at radius 3 is 2.35 bits per heavy atom. The summed E-state index contributed by atoms with van der Waals surface area (Å²) in [4.78, 5) is 12.0. The fourth-order valence-electron chi connectivity index (χ4n) is 6.15. The Balaban J connectivity index is 0.00000106. The van der Waals surface area contributed by atoms with Gasteiger partial charge in [0.1, 0.15) is 17.9 Å². The van der Waals surface area contributed by atoms with E-state index in [1.165, 1.54) is 5.57 Å². The first-order chi connectivity index (χ1) is 21.8. The second-order valence-electron chi connectivity index (χ2n) is 12.1. The number of ether oxygens (including phenoxy) is 1. The number of allylic oxidation sites excluding steroid dienone is 4. The number of terminal acetylenes is 1. The van der Waals surface area contributed by atoms with Crippen LogP contribution in [0.4, 0.5) is 10.1 Å². The maximum Gasteiger partial charge on any atom is 0.131 e. The Hall–Kier alpha value is -3.31. The van der Waals surface area contributed by atoms with Crippen molar-refractivity contribution in [3.8, 4) is 24.0 Å². The van der Waals surface area contributed by atoms with Gasteiger partial charge in [-0.05, 0) is 107 Å². The maximum absolute atomic E-state index is 15.6. The third-order valence-electron chi connectivity index (χ3n) is 7.95. The molecule has 1 fully saturated rings. The first kappa shape index (κ1) is 40.7. The zero-order valence-electron chi connectivity index (χ0n) is 29.5. The maximum atomic E-state index is 15.6. The van der Waals surface area contributed by atoms with Gasteiger partial charge in [0.25, 0.3) is 0 Å². The predicted octanol–water partition coefficient (Wildman–Crippen LogP) is 9.34. The fraction of sp³-hybridized carbons (Fsp3) is 0.462. The molecule has 252 valence electrons.